The summed E-state index contributed by atoms with van der Waals surface area (Å²) in [6.07, 6.45) is 2.16. The summed E-state index contributed by atoms with van der Waals surface area (Å²) in [6.45, 7) is 5.53. The van der Waals surface area contributed by atoms with E-state index in [-0.39, 0.29) is 5.91 Å². The van der Waals surface area contributed by atoms with Crippen LogP contribution in [0.3, 0.4) is 0 Å². The van der Waals surface area contributed by atoms with Gasteiger partial charge in [-0.1, -0.05) is 0 Å². The molecule has 0 bridgehead atoms. The average molecular weight is 276 g/mol. The predicted molar refractivity (Wildman–Crippen MR) is 76.4 cm³/mol. The zero-order valence-corrected chi connectivity index (χ0v) is 11.9. The number of amides is 1. The molecule has 19 heavy (non-hydrogen) atoms. The molecule has 1 saturated heterocycles. The number of fused-ring (bicyclic) bond motifs is 1. The second kappa shape index (κ2) is 4.45. The van der Waals surface area contributed by atoms with Gasteiger partial charge in [-0.3, -0.25) is 4.79 Å². The Morgan fingerprint density at radius 3 is 2.63 bits per heavy atom. The molecule has 0 radical (unpaired) electrons. The lowest BCUT2D eigenvalue weighted by molar-refractivity contribution is 0.0798. The fourth-order valence-electron chi connectivity index (χ4n) is 2.46. The minimum atomic E-state index is 0.0371. The first kappa shape index (κ1) is 12.3. The van der Waals surface area contributed by atoms with E-state index >= 15 is 0 Å². The van der Waals surface area contributed by atoms with E-state index in [1.54, 1.807) is 0 Å². The topological polar surface area (TPSA) is 72.1 Å². The molecule has 0 aromatic carbocycles. The molecule has 0 atom stereocenters. The quantitative estimate of drug-likeness (QED) is 0.866. The summed E-state index contributed by atoms with van der Waals surface area (Å²) in [6, 6.07) is 0. The maximum absolute atomic E-state index is 12.4. The minimum Gasteiger partial charge on any atom is -0.397 e. The van der Waals surface area contributed by atoms with Gasteiger partial charge < -0.3 is 10.6 Å². The number of aryl methyl sites for hydroxylation is 2. The lowest BCUT2D eigenvalue weighted by atomic mass is 10.1. The number of hydrogen-bond acceptors (Lipinski definition) is 5. The van der Waals surface area contributed by atoms with Crippen LogP contribution in [0, 0.1) is 13.8 Å². The van der Waals surface area contributed by atoms with E-state index in [2.05, 4.69) is 10.2 Å². The molecule has 2 aromatic heterocycles. The summed E-state index contributed by atoms with van der Waals surface area (Å²) in [4.78, 5) is 15.7. The number of thiophene rings is 1. The number of likely N-dealkylation sites (tertiary alicyclic amines) is 1. The van der Waals surface area contributed by atoms with E-state index in [0.717, 1.165) is 47.4 Å². The van der Waals surface area contributed by atoms with Gasteiger partial charge in [-0.25, -0.2) is 0 Å². The molecule has 1 aliphatic heterocycles. The van der Waals surface area contributed by atoms with Gasteiger partial charge in [0.2, 0.25) is 0 Å². The molecule has 0 aliphatic carbocycles. The summed E-state index contributed by atoms with van der Waals surface area (Å²) in [5.41, 5.74) is 8.61. The van der Waals surface area contributed by atoms with E-state index in [1.807, 2.05) is 18.7 Å². The zero-order chi connectivity index (χ0) is 13.6. The molecule has 2 aromatic rings. The van der Waals surface area contributed by atoms with Crippen molar-refractivity contribution in [3.63, 3.8) is 0 Å². The molecule has 3 heterocycles. The van der Waals surface area contributed by atoms with Crippen LogP contribution in [0.2, 0.25) is 0 Å². The third-order valence-electron chi connectivity index (χ3n) is 3.72. The number of carbonyl (C=O) groups is 1. The third kappa shape index (κ3) is 1.87. The second-order valence-corrected chi connectivity index (χ2v) is 5.93. The van der Waals surface area contributed by atoms with Gasteiger partial charge in [0, 0.05) is 18.5 Å². The van der Waals surface area contributed by atoms with Gasteiger partial charge in [0.15, 0.2) is 0 Å². The van der Waals surface area contributed by atoms with Gasteiger partial charge in [-0.15, -0.1) is 16.4 Å². The van der Waals surface area contributed by atoms with Crippen LogP contribution in [0.15, 0.2) is 0 Å². The van der Waals surface area contributed by atoms with Gasteiger partial charge in [-0.2, -0.15) is 5.10 Å². The summed E-state index contributed by atoms with van der Waals surface area (Å²) < 4.78 is 0. The molecule has 5 nitrogen and oxygen atoms in total. The van der Waals surface area contributed by atoms with Gasteiger partial charge >= 0.3 is 0 Å². The molecule has 100 valence electrons. The molecule has 1 amide bonds. The number of nitrogen functional groups attached to an aromatic ring is 1. The van der Waals surface area contributed by atoms with Gasteiger partial charge in [0.05, 0.1) is 11.4 Å². The number of nitrogens with zero attached hydrogens (tertiary/aromatic N) is 3. The lowest BCUT2D eigenvalue weighted by Gasteiger charge is -2.14. The molecule has 0 spiro atoms. The standard InChI is InChI=1S/C13H16N4OS/c1-7-8(2)15-16-12-9(7)10(14)11(19-12)13(18)17-5-3-4-6-17/h3-6,14H2,1-2H3. The van der Waals surface area contributed by atoms with Crippen molar-refractivity contribution in [1.29, 1.82) is 0 Å². The number of nitrogens with two attached hydrogens (primary N) is 1. The number of anilines is 1. The summed E-state index contributed by atoms with van der Waals surface area (Å²) >= 11 is 1.35. The molecule has 2 N–H and O–H groups in total. The predicted octanol–water partition coefficient (Wildman–Crippen LogP) is 2.13. The first-order chi connectivity index (χ1) is 9.09. The van der Waals surface area contributed by atoms with E-state index in [0.29, 0.717) is 10.6 Å². The van der Waals surface area contributed by atoms with Crippen molar-refractivity contribution in [1.82, 2.24) is 15.1 Å². The van der Waals surface area contributed by atoms with Gasteiger partial charge in [0.1, 0.15) is 9.71 Å². The highest BCUT2D eigenvalue weighted by atomic mass is 32.1. The van der Waals surface area contributed by atoms with Crippen LogP contribution >= 0.6 is 11.3 Å². The molecule has 1 fully saturated rings. The number of hydrogen-bond donors (Lipinski definition) is 1. The third-order valence-corrected chi connectivity index (χ3v) is 4.80. The minimum absolute atomic E-state index is 0.0371. The van der Waals surface area contributed by atoms with E-state index in [4.69, 9.17) is 5.73 Å². The summed E-state index contributed by atoms with van der Waals surface area (Å²) in [7, 11) is 0. The molecule has 0 saturated carbocycles. The maximum atomic E-state index is 12.4. The zero-order valence-electron chi connectivity index (χ0n) is 11.1. The first-order valence-corrected chi connectivity index (χ1v) is 7.22. The van der Waals surface area contributed by atoms with Crippen LogP contribution in [0.5, 0.6) is 0 Å². The fourth-order valence-corrected chi connectivity index (χ4v) is 3.53. The Morgan fingerprint density at radius 1 is 1.26 bits per heavy atom. The van der Waals surface area contributed by atoms with Crippen molar-refractivity contribution in [2.24, 2.45) is 0 Å². The van der Waals surface area contributed by atoms with Crippen LogP contribution < -0.4 is 5.73 Å². The van der Waals surface area contributed by atoms with E-state index in [1.165, 1.54) is 11.3 Å². The monoisotopic (exact) mass is 276 g/mol. The number of aromatic nitrogens is 2. The van der Waals surface area contributed by atoms with Crippen molar-refractivity contribution >= 4 is 33.1 Å². The van der Waals surface area contributed by atoms with Gasteiger partial charge in [-0.05, 0) is 32.3 Å². The van der Waals surface area contributed by atoms with Crippen LogP contribution in [0.4, 0.5) is 5.69 Å². The highest BCUT2D eigenvalue weighted by Gasteiger charge is 2.25. The summed E-state index contributed by atoms with van der Waals surface area (Å²) in [5.74, 6) is 0.0371. The van der Waals surface area contributed by atoms with Crippen molar-refractivity contribution < 1.29 is 4.79 Å². The van der Waals surface area contributed by atoms with Crippen molar-refractivity contribution in [2.75, 3.05) is 18.8 Å². The normalized spacial score (nSPS) is 15.4. The number of rotatable bonds is 1. The molecule has 3 rings (SSSR count). The van der Waals surface area contributed by atoms with E-state index in [9.17, 15) is 4.79 Å². The highest BCUT2D eigenvalue weighted by molar-refractivity contribution is 7.21. The smallest absolute Gasteiger partial charge is 0.266 e. The summed E-state index contributed by atoms with van der Waals surface area (Å²) in [5, 5.41) is 9.14. The molecule has 0 unspecified atom stereocenters. The molecule has 6 heteroatoms. The maximum Gasteiger partial charge on any atom is 0.266 e. The molecule has 1 aliphatic rings. The number of carbonyl (C=O) groups excluding carboxylic acids is 1. The second-order valence-electron chi connectivity index (χ2n) is 4.93. The molecular formula is C13H16N4OS. The first-order valence-electron chi connectivity index (χ1n) is 6.40. The Labute approximate surface area is 115 Å². The lowest BCUT2D eigenvalue weighted by Crippen LogP contribution is -2.27. The van der Waals surface area contributed by atoms with Crippen LogP contribution in [0.1, 0.15) is 33.8 Å². The molecular weight excluding hydrogens is 260 g/mol. The van der Waals surface area contributed by atoms with Crippen LogP contribution in [-0.4, -0.2) is 34.1 Å². The highest BCUT2D eigenvalue weighted by Crippen LogP contribution is 2.35. The largest absolute Gasteiger partial charge is 0.397 e. The van der Waals surface area contributed by atoms with Crippen molar-refractivity contribution in [3.8, 4) is 0 Å². The SMILES string of the molecule is Cc1nnc2sc(C(=O)N3CCCC3)c(N)c2c1C. The Balaban J connectivity index is 2.12. The van der Waals surface area contributed by atoms with Crippen LogP contribution in [0.25, 0.3) is 10.2 Å². The Bertz CT molecular complexity index is 658. The van der Waals surface area contributed by atoms with Crippen molar-refractivity contribution in [2.45, 2.75) is 26.7 Å². The fraction of sp³-hybridized carbons (Fsp3) is 0.462. The Hall–Kier alpha value is -1.69. The van der Waals surface area contributed by atoms with Crippen LogP contribution in [-0.2, 0) is 0 Å². The van der Waals surface area contributed by atoms with Crippen molar-refractivity contribution in [3.05, 3.63) is 16.1 Å². The Morgan fingerprint density at radius 2 is 1.95 bits per heavy atom. The van der Waals surface area contributed by atoms with Gasteiger partial charge in [0.25, 0.3) is 5.91 Å². The Kier molecular flexibility index (Phi) is 2.89. The van der Waals surface area contributed by atoms with E-state index < -0.39 is 0 Å². The average Bonchev–Trinajstić information content (AvgIpc) is 3.01.